The largest absolute Gasteiger partial charge is 0.468 e. The fourth-order valence-corrected chi connectivity index (χ4v) is 1.47. The zero-order valence-corrected chi connectivity index (χ0v) is 9.11. The summed E-state index contributed by atoms with van der Waals surface area (Å²) in [6, 6.07) is 0. The van der Waals surface area contributed by atoms with E-state index in [1.807, 2.05) is 0 Å². The second kappa shape index (κ2) is 4.78. The van der Waals surface area contributed by atoms with Crippen LogP contribution >= 0.6 is 15.9 Å². The molecule has 0 rings (SSSR count). The van der Waals surface area contributed by atoms with E-state index >= 15 is 0 Å². The van der Waals surface area contributed by atoms with Gasteiger partial charge in [-0.25, -0.2) is 13.1 Å². The average Bonchev–Trinajstić information content (AvgIpc) is 1.97. The summed E-state index contributed by atoms with van der Waals surface area (Å²) in [5.41, 5.74) is 0. The van der Waals surface area contributed by atoms with Crippen LogP contribution in [0.2, 0.25) is 0 Å². The number of hydrogen-bond donors (Lipinski definition) is 1. The van der Waals surface area contributed by atoms with E-state index in [9.17, 15) is 13.2 Å². The predicted molar refractivity (Wildman–Crippen MR) is 47.6 cm³/mol. The van der Waals surface area contributed by atoms with Crippen LogP contribution in [0.3, 0.4) is 0 Å². The number of sulfonamides is 1. The van der Waals surface area contributed by atoms with Crippen molar-refractivity contribution in [1.29, 1.82) is 0 Å². The molecule has 5 nitrogen and oxygen atoms in total. The number of alkyl halides is 1. The molecule has 0 spiro atoms. The zero-order chi connectivity index (χ0) is 9.78. The lowest BCUT2D eigenvalue weighted by molar-refractivity contribution is -0.139. The summed E-state index contributed by atoms with van der Waals surface area (Å²) in [6.07, 6.45) is 1.02. The number of hydrogen-bond acceptors (Lipinski definition) is 4. The van der Waals surface area contributed by atoms with Gasteiger partial charge >= 0.3 is 5.97 Å². The Labute approximate surface area is 79.7 Å². The van der Waals surface area contributed by atoms with E-state index in [-0.39, 0.29) is 6.54 Å². The van der Waals surface area contributed by atoms with Gasteiger partial charge in [-0.2, -0.15) is 0 Å². The molecule has 12 heavy (non-hydrogen) atoms. The molecule has 0 aliphatic rings. The lowest BCUT2D eigenvalue weighted by Crippen LogP contribution is -2.33. The molecule has 0 saturated carbocycles. The molecule has 1 atom stereocenters. The Balaban J connectivity index is 3.88. The molecule has 7 heteroatoms. The van der Waals surface area contributed by atoms with E-state index < -0.39 is 20.8 Å². The molecule has 0 saturated heterocycles. The van der Waals surface area contributed by atoms with Crippen molar-refractivity contribution in [3.8, 4) is 0 Å². The molecule has 0 aromatic carbocycles. The van der Waals surface area contributed by atoms with Crippen molar-refractivity contribution < 1.29 is 17.9 Å². The number of carbonyl (C=O) groups is 1. The maximum absolute atomic E-state index is 10.7. The minimum absolute atomic E-state index is 0.00843. The maximum atomic E-state index is 10.7. The molecular weight excluding hydrogens is 250 g/mol. The summed E-state index contributed by atoms with van der Waals surface area (Å²) in [7, 11) is -2.02. The monoisotopic (exact) mass is 259 g/mol. The lowest BCUT2D eigenvalue weighted by Gasteiger charge is -2.06. The van der Waals surface area contributed by atoms with Gasteiger partial charge in [0.1, 0.15) is 4.83 Å². The van der Waals surface area contributed by atoms with Gasteiger partial charge in [0.15, 0.2) is 0 Å². The molecule has 0 heterocycles. The van der Waals surface area contributed by atoms with Gasteiger partial charge in [0.25, 0.3) is 0 Å². The fourth-order valence-electron chi connectivity index (χ4n) is 0.436. The highest BCUT2D eigenvalue weighted by Crippen LogP contribution is 1.99. The molecule has 0 radical (unpaired) electrons. The van der Waals surface area contributed by atoms with Crippen LogP contribution in [0.1, 0.15) is 0 Å². The van der Waals surface area contributed by atoms with Crippen LogP contribution in [-0.2, 0) is 19.6 Å². The molecule has 0 aliphatic carbocycles. The highest BCUT2D eigenvalue weighted by Gasteiger charge is 2.16. The van der Waals surface area contributed by atoms with Crippen molar-refractivity contribution in [3.63, 3.8) is 0 Å². The Bertz CT molecular complexity index is 250. The van der Waals surface area contributed by atoms with Crippen molar-refractivity contribution in [2.45, 2.75) is 4.83 Å². The second-order valence-corrected chi connectivity index (χ2v) is 5.05. The Morgan fingerprint density at radius 2 is 2.17 bits per heavy atom. The molecule has 0 aromatic rings. The number of ether oxygens (including phenoxy) is 1. The van der Waals surface area contributed by atoms with Crippen LogP contribution in [0.5, 0.6) is 0 Å². The summed E-state index contributed by atoms with van der Waals surface area (Å²) >= 11 is 2.95. The van der Waals surface area contributed by atoms with Gasteiger partial charge in [-0.15, -0.1) is 0 Å². The third kappa shape index (κ3) is 5.50. The van der Waals surface area contributed by atoms with Crippen molar-refractivity contribution in [2.75, 3.05) is 19.9 Å². The molecule has 72 valence electrons. The first-order valence-electron chi connectivity index (χ1n) is 3.03. The van der Waals surface area contributed by atoms with Gasteiger partial charge in [0, 0.05) is 6.54 Å². The summed E-state index contributed by atoms with van der Waals surface area (Å²) in [4.78, 5) is 10.1. The normalized spacial score (nSPS) is 13.9. The molecule has 0 aromatic heterocycles. The molecule has 1 unspecified atom stereocenters. The fraction of sp³-hybridized carbons (Fsp3) is 0.800. The van der Waals surface area contributed by atoms with Gasteiger partial charge in [-0.3, -0.25) is 4.79 Å². The quantitative estimate of drug-likeness (QED) is 0.545. The number of methoxy groups -OCH3 is 1. The van der Waals surface area contributed by atoms with Gasteiger partial charge in [0.2, 0.25) is 10.0 Å². The van der Waals surface area contributed by atoms with Gasteiger partial charge in [-0.1, -0.05) is 15.9 Å². The Kier molecular flexibility index (Phi) is 4.73. The molecule has 0 aliphatic heterocycles. The molecule has 0 fully saturated rings. The van der Waals surface area contributed by atoms with Crippen molar-refractivity contribution >= 4 is 31.9 Å². The van der Waals surface area contributed by atoms with Gasteiger partial charge in [0.05, 0.1) is 13.4 Å². The highest BCUT2D eigenvalue weighted by molar-refractivity contribution is 9.10. The molecule has 1 N–H and O–H groups in total. The van der Waals surface area contributed by atoms with Crippen LogP contribution in [0.15, 0.2) is 0 Å². The van der Waals surface area contributed by atoms with E-state index in [1.165, 1.54) is 7.11 Å². The first-order chi connectivity index (χ1) is 5.37. The third-order valence-corrected chi connectivity index (χ3v) is 2.37. The topological polar surface area (TPSA) is 72.5 Å². The van der Waals surface area contributed by atoms with E-state index in [2.05, 4.69) is 25.4 Å². The Morgan fingerprint density at radius 1 is 1.67 bits per heavy atom. The van der Waals surface area contributed by atoms with E-state index in [0.717, 1.165) is 6.26 Å². The van der Waals surface area contributed by atoms with Crippen molar-refractivity contribution in [3.05, 3.63) is 0 Å². The minimum Gasteiger partial charge on any atom is -0.468 e. The molecular formula is C5H10BrNO4S. The maximum Gasteiger partial charge on any atom is 0.320 e. The first kappa shape index (κ1) is 11.9. The SMILES string of the molecule is COC(=O)C(Br)CNS(C)(=O)=O. The standard InChI is InChI=1S/C5H10BrNO4S/c1-11-5(8)4(6)3-7-12(2,9)10/h4,7H,3H2,1-2H3. The van der Waals surface area contributed by atoms with Crippen LogP contribution in [-0.4, -0.2) is 39.1 Å². The number of nitrogens with one attached hydrogen (secondary N) is 1. The highest BCUT2D eigenvalue weighted by atomic mass is 79.9. The summed E-state index contributed by atoms with van der Waals surface area (Å²) in [5, 5.41) is 0. The van der Waals surface area contributed by atoms with Crippen LogP contribution in [0.25, 0.3) is 0 Å². The lowest BCUT2D eigenvalue weighted by atomic mass is 10.4. The number of esters is 1. The number of rotatable bonds is 4. The van der Waals surface area contributed by atoms with Crippen molar-refractivity contribution in [1.82, 2.24) is 4.72 Å². The van der Waals surface area contributed by atoms with E-state index in [1.54, 1.807) is 0 Å². The summed E-state index contributed by atoms with van der Waals surface area (Å²) < 4.78 is 27.6. The summed E-state index contributed by atoms with van der Waals surface area (Å²) in [6.45, 7) is -0.00843. The molecule has 0 amide bonds. The average molecular weight is 260 g/mol. The molecule has 0 bridgehead atoms. The number of halogens is 1. The first-order valence-corrected chi connectivity index (χ1v) is 5.84. The number of carbonyl (C=O) groups excluding carboxylic acids is 1. The van der Waals surface area contributed by atoms with Crippen LogP contribution < -0.4 is 4.72 Å². The Hall–Kier alpha value is -0.140. The Morgan fingerprint density at radius 3 is 2.50 bits per heavy atom. The van der Waals surface area contributed by atoms with Crippen LogP contribution in [0.4, 0.5) is 0 Å². The predicted octanol–water partition coefficient (Wildman–Crippen LogP) is -0.528. The summed E-state index contributed by atoms with van der Waals surface area (Å²) in [5.74, 6) is -0.508. The smallest absolute Gasteiger partial charge is 0.320 e. The van der Waals surface area contributed by atoms with Gasteiger partial charge < -0.3 is 4.74 Å². The zero-order valence-electron chi connectivity index (χ0n) is 6.70. The minimum atomic E-state index is -3.25. The van der Waals surface area contributed by atoms with Crippen molar-refractivity contribution in [2.24, 2.45) is 0 Å². The van der Waals surface area contributed by atoms with E-state index in [0.29, 0.717) is 0 Å². The third-order valence-electron chi connectivity index (χ3n) is 0.982. The van der Waals surface area contributed by atoms with E-state index in [4.69, 9.17) is 0 Å². The van der Waals surface area contributed by atoms with Gasteiger partial charge in [-0.05, 0) is 0 Å². The second-order valence-electron chi connectivity index (χ2n) is 2.11. The van der Waals surface area contributed by atoms with Crippen LogP contribution in [0, 0.1) is 0 Å².